The number of nitro benzene ring substituents is 1. The lowest BCUT2D eigenvalue weighted by atomic mass is 9.93. The average Bonchev–Trinajstić information content (AvgIpc) is 2.53. The maximum Gasteiger partial charge on any atom is 0.337 e. The van der Waals surface area contributed by atoms with Gasteiger partial charge in [0.25, 0.3) is 0 Å². The molecule has 2 N–H and O–H groups in total. The summed E-state index contributed by atoms with van der Waals surface area (Å²) in [5, 5.41) is 16.6. The van der Waals surface area contributed by atoms with Crippen LogP contribution < -0.4 is 10.6 Å². The second kappa shape index (κ2) is 7.51. The van der Waals surface area contributed by atoms with E-state index in [1.54, 1.807) is 0 Å². The summed E-state index contributed by atoms with van der Waals surface area (Å²) in [7, 11) is 1.16. The Bertz CT molecular complexity index is 782. The highest BCUT2D eigenvalue weighted by molar-refractivity contribution is 7.80. The Morgan fingerprint density at radius 2 is 2.08 bits per heavy atom. The SMILES string of the molecule is CCCC1=C(C(=O)OC)C(c2cc([N+](=O)[O-])c(F)cc2F)NC(=S)N1. The van der Waals surface area contributed by atoms with Gasteiger partial charge in [-0.05, 0) is 18.6 Å². The van der Waals surface area contributed by atoms with Crippen molar-refractivity contribution >= 4 is 29.0 Å². The number of benzene rings is 1. The van der Waals surface area contributed by atoms with Gasteiger partial charge < -0.3 is 15.4 Å². The van der Waals surface area contributed by atoms with Crippen LogP contribution in [0.5, 0.6) is 0 Å². The van der Waals surface area contributed by atoms with Gasteiger partial charge in [-0.15, -0.1) is 0 Å². The topological polar surface area (TPSA) is 93.5 Å². The molecule has 0 aromatic heterocycles. The molecule has 0 saturated carbocycles. The second-order valence-corrected chi connectivity index (χ2v) is 5.66. The quantitative estimate of drug-likeness (QED) is 0.356. The van der Waals surface area contributed by atoms with E-state index in [2.05, 4.69) is 10.6 Å². The molecular formula is C15H15F2N3O4S. The number of carbonyl (C=O) groups excluding carboxylic acids is 1. The van der Waals surface area contributed by atoms with Crippen molar-refractivity contribution in [2.24, 2.45) is 0 Å². The van der Waals surface area contributed by atoms with Crippen LogP contribution in [0.4, 0.5) is 14.5 Å². The molecular weight excluding hydrogens is 356 g/mol. The molecule has 0 spiro atoms. The molecule has 2 rings (SSSR count). The first-order valence-corrected chi connectivity index (χ1v) is 7.73. The summed E-state index contributed by atoms with van der Waals surface area (Å²) >= 11 is 5.06. The number of methoxy groups -OCH3 is 1. The Balaban J connectivity index is 2.67. The number of nitrogens with one attached hydrogen (secondary N) is 2. The molecule has 0 amide bonds. The van der Waals surface area contributed by atoms with Gasteiger partial charge in [-0.2, -0.15) is 4.39 Å². The fourth-order valence-electron chi connectivity index (χ4n) is 2.56. The molecule has 1 atom stereocenters. The molecule has 134 valence electrons. The predicted molar refractivity (Wildman–Crippen MR) is 88.6 cm³/mol. The molecule has 1 aliphatic heterocycles. The molecule has 1 heterocycles. The van der Waals surface area contributed by atoms with Crippen LogP contribution in [0.1, 0.15) is 31.4 Å². The van der Waals surface area contributed by atoms with Gasteiger partial charge in [0.2, 0.25) is 5.82 Å². The number of rotatable bonds is 5. The van der Waals surface area contributed by atoms with Crippen LogP contribution in [-0.4, -0.2) is 23.1 Å². The Morgan fingerprint density at radius 1 is 1.40 bits per heavy atom. The van der Waals surface area contributed by atoms with Gasteiger partial charge in [0.05, 0.1) is 23.6 Å². The Kier molecular flexibility index (Phi) is 5.62. The summed E-state index contributed by atoms with van der Waals surface area (Å²) in [6, 6.07) is 0.0271. The van der Waals surface area contributed by atoms with E-state index in [0.29, 0.717) is 24.6 Å². The number of nitro groups is 1. The first kappa shape index (κ1) is 18.7. The lowest BCUT2D eigenvalue weighted by Gasteiger charge is -2.31. The molecule has 10 heteroatoms. The van der Waals surface area contributed by atoms with Gasteiger partial charge in [0.1, 0.15) is 5.82 Å². The zero-order chi connectivity index (χ0) is 18.7. The van der Waals surface area contributed by atoms with Crippen molar-refractivity contribution in [1.29, 1.82) is 0 Å². The number of nitrogens with zero attached hydrogens (tertiary/aromatic N) is 1. The number of halogens is 2. The van der Waals surface area contributed by atoms with E-state index in [4.69, 9.17) is 17.0 Å². The summed E-state index contributed by atoms with van der Waals surface area (Å²) in [5.41, 5.74) is -0.706. The van der Waals surface area contributed by atoms with Crippen molar-refractivity contribution in [1.82, 2.24) is 10.6 Å². The van der Waals surface area contributed by atoms with Gasteiger partial charge in [-0.1, -0.05) is 13.3 Å². The van der Waals surface area contributed by atoms with Gasteiger partial charge >= 0.3 is 11.7 Å². The number of carbonyl (C=O) groups is 1. The summed E-state index contributed by atoms with van der Waals surface area (Å²) < 4.78 is 32.7. The van der Waals surface area contributed by atoms with Crippen LogP contribution in [0.15, 0.2) is 23.4 Å². The minimum absolute atomic E-state index is 0.0396. The van der Waals surface area contributed by atoms with Crippen molar-refractivity contribution in [3.63, 3.8) is 0 Å². The highest BCUT2D eigenvalue weighted by Crippen LogP contribution is 2.33. The molecule has 7 nitrogen and oxygen atoms in total. The zero-order valence-corrected chi connectivity index (χ0v) is 14.2. The highest BCUT2D eigenvalue weighted by atomic mass is 32.1. The lowest BCUT2D eigenvalue weighted by molar-refractivity contribution is -0.387. The smallest absolute Gasteiger partial charge is 0.337 e. The normalized spacial score (nSPS) is 17.0. The molecule has 1 aliphatic rings. The van der Waals surface area contributed by atoms with Crippen molar-refractivity contribution < 1.29 is 23.2 Å². The monoisotopic (exact) mass is 371 g/mol. The fourth-order valence-corrected chi connectivity index (χ4v) is 2.81. The molecule has 0 saturated heterocycles. The number of ether oxygens (including phenoxy) is 1. The standard InChI is InChI=1S/C15H15F2N3O4S/c1-3-4-10-12(14(21)24-2)13(19-15(25)18-10)7-5-11(20(22)23)9(17)6-8(7)16/h5-6,13H,3-4H2,1-2H3,(H2,18,19,25). The molecule has 0 bridgehead atoms. The van der Waals surface area contributed by atoms with Crippen LogP contribution in [0.3, 0.4) is 0 Å². The van der Waals surface area contributed by atoms with Crippen molar-refractivity contribution in [3.8, 4) is 0 Å². The molecule has 1 aromatic rings. The molecule has 0 radical (unpaired) electrons. The molecule has 0 fully saturated rings. The fraction of sp³-hybridized carbons (Fsp3) is 0.333. The third-order valence-corrected chi connectivity index (χ3v) is 3.85. The maximum absolute atomic E-state index is 14.3. The number of hydrogen-bond acceptors (Lipinski definition) is 5. The summed E-state index contributed by atoms with van der Waals surface area (Å²) in [6.07, 6.45) is 1.08. The van der Waals surface area contributed by atoms with E-state index in [9.17, 15) is 23.7 Å². The van der Waals surface area contributed by atoms with Crippen LogP contribution in [0, 0.1) is 21.7 Å². The van der Waals surface area contributed by atoms with Crippen LogP contribution >= 0.6 is 12.2 Å². The summed E-state index contributed by atoms with van der Waals surface area (Å²) in [6.45, 7) is 1.87. The number of thiocarbonyl (C=S) groups is 1. The highest BCUT2D eigenvalue weighted by Gasteiger charge is 2.35. The predicted octanol–water partition coefficient (Wildman–Crippen LogP) is 2.62. The van der Waals surface area contributed by atoms with Gasteiger partial charge in [0, 0.05) is 23.4 Å². The average molecular weight is 371 g/mol. The maximum atomic E-state index is 14.3. The summed E-state index contributed by atoms with van der Waals surface area (Å²) in [4.78, 5) is 22.2. The van der Waals surface area contributed by atoms with Gasteiger partial charge in [-0.25, -0.2) is 9.18 Å². The van der Waals surface area contributed by atoms with E-state index >= 15 is 0 Å². The molecule has 0 aliphatic carbocycles. The van der Waals surface area contributed by atoms with Gasteiger partial charge in [-0.3, -0.25) is 10.1 Å². The Hall–Kier alpha value is -2.62. The zero-order valence-electron chi connectivity index (χ0n) is 13.4. The second-order valence-electron chi connectivity index (χ2n) is 5.25. The number of esters is 1. The van der Waals surface area contributed by atoms with Crippen molar-refractivity contribution in [2.75, 3.05) is 7.11 Å². The third-order valence-electron chi connectivity index (χ3n) is 3.63. The lowest BCUT2D eigenvalue weighted by Crippen LogP contribution is -2.46. The van der Waals surface area contributed by atoms with E-state index in [-0.39, 0.29) is 16.2 Å². The Morgan fingerprint density at radius 3 is 2.64 bits per heavy atom. The molecule has 1 unspecified atom stereocenters. The van der Waals surface area contributed by atoms with Gasteiger partial charge in [0.15, 0.2) is 5.11 Å². The number of hydrogen-bond donors (Lipinski definition) is 2. The summed E-state index contributed by atoms with van der Waals surface area (Å²) in [5.74, 6) is -3.09. The van der Waals surface area contributed by atoms with E-state index in [1.807, 2.05) is 6.92 Å². The van der Waals surface area contributed by atoms with Crippen LogP contribution in [0.2, 0.25) is 0 Å². The first-order chi connectivity index (χ1) is 11.8. The Labute approximate surface area is 147 Å². The van der Waals surface area contributed by atoms with Crippen molar-refractivity contribution in [3.05, 3.63) is 50.7 Å². The van der Waals surface area contributed by atoms with Crippen LogP contribution in [-0.2, 0) is 9.53 Å². The van der Waals surface area contributed by atoms with E-state index in [0.717, 1.165) is 13.2 Å². The largest absolute Gasteiger partial charge is 0.466 e. The van der Waals surface area contributed by atoms with Crippen molar-refractivity contribution in [2.45, 2.75) is 25.8 Å². The van der Waals surface area contributed by atoms with E-state index in [1.165, 1.54) is 0 Å². The van der Waals surface area contributed by atoms with Crippen LogP contribution in [0.25, 0.3) is 0 Å². The molecule has 25 heavy (non-hydrogen) atoms. The number of allylic oxidation sites excluding steroid dienone is 1. The van der Waals surface area contributed by atoms with E-state index < -0.39 is 34.3 Å². The molecule has 1 aromatic carbocycles. The minimum atomic E-state index is -1.31. The third kappa shape index (κ3) is 3.73. The first-order valence-electron chi connectivity index (χ1n) is 7.32. The minimum Gasteiger partial charge on any atom is -0.466 e.